The van der Waals surface area contributed by atoms with Gasteiger partial charge in [0.2, 0.25) is 0 Å². The molecular formula is C24H17F4NO3. The molecule has 0 aliphatic heterocycles. The average molecular weight is 443 g/mol. The van der Waals surface area contributed by atoms with Gasteiger partial charge in [-0.1, -0.05) is 12.1 Å². The summed E-state index contributed by atoms with van der Waals surface area (Å²) in [4.78, 5) is 16.1. The Labute approximate surface area is 180 Å². The molecule has 0 saturated carbocycles. The summed E-state index contributed by atoms with van der Waals surface area (Å²) < 4.78 is 62.7. The lowest BCUT2D eigenvalue weighted by atomic mass is 10.0. The van der Waals surface area contributed by atoms with E-state index in [2.05, 4.69) is 4.98 Å². The van der Waals surface area contributed by atoms with Crippen molar-refractivity contribution >= 4 is 10.9 Å². The molecule has 0 saturated heterocycles. The molecule has 0 bridgehead atoms. The van der Waals surface area contributed by atoms with Crippen LogP contribution in [0.15, 0.2) is 65.5 Å². The Morgan fingerprint density at radius 1 is 0.906 bits per heavy atom. The van der Waals surface area contributed by atoms with Gasteiger partial charge >= 0.3 is 6.18 Å². The Hall–Kier alpha value is -3.81. The van der Waals surface area contributed by atoms with Crippen LogP contribution in [-0.4, -0.2) is 12.1 Å². The molecule has 32 heavy (non-hydrogen) atoms. The van der Waals surface area contributed by atoms with Gasteiger partial charge in [0.15, 0.2) is 17.0 Å². The van der Waals surface area contributed by atoms with Crippen LogP contribution < -0.4 is 14.9 Å². The number of nitrogens with one attached hydrogen (secondary N) is 1. The molecule has 4 aromatic rings. The Kier molecular flexibility index (Phi) is 5.38. The predicted octanol–water partition coefficient (Wildman–Crippen LogP) is 6.46. The number of rotatable bonds is 4. The van der Waals surface area contributed by atoms with Gasteiger partial charge in [-0.2, -0.15) is 13.2 Å². The summed E-state index contributed by atoms with van der Waals surface area (Å²) >= 11 is 0. The van der Waals surface area contributed by atoms with Gasteiger partial charge in [-0.15, -0.1) is 0 Å². The number of hydrogen-bond acceptors (Lipinski definition) is 3. The fourth-order valence-corrected chi connectivity index (χ4v) is 3.46. The largest absolute Gasteiger partial charge is 0.494 e. The van der Waals surface area contributed by atoms with Crippen LogP contribution in [0, 0.1) is 12.7 Å². The number of methoxy groups -OCH3 is 1. The van der Waals surface area contributed by atoms with Gasteiger partial charge in [-0.25, -0.2) is 4.39 Å². The number of ether oxygens (including phenoxy) is 2. The molecule has 0 amide bonds. The molecule has 4 rings (SSSR count). The highest BCUT2D eigenvalue weighted by Gasteiger charge is 2.30. The molecule has 164 valence electrons. The van der Waals surface area contributed by atoms with E-state index in [0.717, 1.165) is 18.2 Å². The van der Waals surface area contributed by atoms with Crippen molar-refractivity contribution in [3.63, 3.8) is 0 Å². The highest BCUT2D eigenvalue weighted by molar-refractivity contribution is 5.86. The Balaban J connectivity index is 1.65. The van der Waals surface area contributed by atoms with Crippen molar-refractivity contribution in [2.24, 2.45) is 0 Å². The zero-order chi connectivity index (χ0) is 23.0. The number of halogens is 4. The first-order valence-corrected chi connectivity index (χ1v) is 9.53. The molecule has 0 spiro atoms. The lowest BCUT2D eigenvalue weighted by molar-refractivity contribution is -0.137. The zero-order valence-corrected chi connectivity index (χ0v) is 17.0. The maximum absolute atomic E-state index is 14.1. The lowest BCUT2D eigenvalue weighted by Crippen LogP contribution is -2.10. The molecule has 0 fully saturated rings. The van der Waals surface area contributed by atoms with Gasteiger partial charge < -0.3 is 14.5 Å². The number of H-pyrrole nitrogens is 1. The fourth-order valence-electron chi connectivity index (χ4n) is 3.46. The summed E-state index contributed by atoms with van der Waals surface area (Å²) in [5.74, 6) is 0.0275. The molecule has 8 heteroatoms. The average Bonchev–Trinajstić information content (AvgIpc) is 2.75. The number of fused-ring (bicyclic) bond motifs is 1. The second-order valence-corrected chi connectivity index (χ2v) is 7.14. The minimum Gasteiger partial charge on any atom is -0.494 e. The van der Waals surface area contributed by atoms with E-state index in [9.17, 15) is 22.4 Å². The van der Waals surface area contributed by atoms with E-state index in [-0.39, 0.29) is 22.3 Å². The maximum atomic E-state index is 14.1. The number of aryl methyl sites for hydroxylation is 1. The predicted molar refractivity (Wildman–Crippen MR) is 113 cm³/mol. The third-order valence-corrected chi connectivity index (χ3v) is 5.02. The van der Waals surface area contributed by atoms with Crippen LogP contribution in [0.1, 0.15) is 11.3 Å². The first-order chi connectivity index (χ1) is 15.2. The highest BCUT2D eigenvalue weighted by Crippen LogP contribution is 2.32. The number of aromatic nitrogens is 1. The van der Waals surface area contributed by atoms with E-state index in [0.29, 0.717) is 28.1 Å². The first-order valence-electron chi connectivity index (χ1n) is 9.53. The number of benzene rings is 3. The molecule has 4 nitrogen and oxygen atoms in total. The standard InChI is InChI=1S/C24H17F4NO3/c1-13-22(23(30)18-11-19(25)21(31-2)12-20(18)29-13)14-3-7-16(8-4-14)32-17-9-5-15(6-10-17)24(26,27)28/h3-12H,1-2H3,(H,29,30). The van der Waals surface area contributed by atoms with Gasteiger partial charge in [-0.3, -0.25) is 4.79 Å². The van der Waals surface area contributed by atoms with E-state index in [4.69, 9.17) is 9.47 Å². The number of alkyl halides is 3. The van der Waals surface area contributed by atoms with E-state index in [1.54, 1.807) is 31.2 Å². The van der Waals surface area contributed by atoms with Crippen molar-refractivity contribution in [1.29, 1.82) is 0 Å². The summed E-state index contributed by atoms with van der Waals surface area (Å²) in [5, 5.41) is 0.189. The molecule has 1 heterocycles. The quantitative estimate of drug-likeness (QED) is 0.368. The third kappa shape index (κ3) is 4.03. The normalized spacial score (nSPS) is 11.6. The zero-order valence-electron chi connectivity index (χ0n) is 17.0. The smallest absolute Gasteiger partial charge is 0.416 e. The molecule has 0 radical (unpaired) electrons. The SMILES string of the molecule is COc1cc2[nH]c(C)c(-c3ccc(Oc4ccc(C(F)(F)F)cc4)cc3)c(=O)c2cc1F. The molecule has 1 N–H and O–H groups in total. The van der Waals surface area contributed by atoms with Crippen LogP contribution in [-0.2, 0) is 6.18 Å². The van der Waals surface area contributed by atoms with Crippen molar-refractivity contribution in [3.8, 4) is 28.4 Å². The molecule has 1 aromatic heterocycles. The van der Waals surface area contributed by atoms with E-state index in [1.165, 1.54) is 25.3 Å². The molecule has 3 aromatic carbocycles. The van der Waals surface area contributed by atoms with Crippen LogP contribution in [0.5, 0.6) is 17.2 Å². The van der Waals surface area contributed by atoms with Crippen molar-refractivity contribution < 1.29 is 27.0 Å². The molecular weight excluding hydrogens is 426 g/mol. The van der Waals surface area contributed by atoms with Crippen LogP contribution in [0.4, 0.5) is 17.6 Å². The van der Waals surface area contributed by atoms with Crippen LogP contribution in [0.3, 0.4) is 0 Å². The Morgan fingerprint density at radius 3 is 2.06 bits per heavy atom. The molecule has 0 atom stereocenters. The van der Waals surface area contributed by atoms with Crippen LogP contribution in [0.25, 0.3) is 22.0 Å². The van der Waals surface area contributed by atoms with Crippen molar-refractivity contribution in [3.05, 3.63) is 88.0 Å². The first kappa shape index (κ1) is 21.4. The van der Waals surface area contributed by atoms with Crippen molar-refractivity contribution in [2.75, 3.05) is 7.11 Å². The number of pyridine rings is 1. The van der Waals surface area contributed by atoms with E-state index < -0.39 is 17.6 Å². The van der Waals surface area contributed by atoms with Crippen LogP contribution >= 0.6 is 0 Å². The fraction of sp³-hybridized carbons (Fsp3) is 0.125. The lowest BCUT2D eigenvalue weighted by Gasteiger charge is -2.12. The summed E-state index contributed by atoms with van der Waals surface area (Å²) in [6, 6.07) is 13.4. The monoisotopic (exact) mass is 443 g/mol. The van der Waals surface area contributed by atoms with Crippen molar-refractivity contribution in [1.82, 2.24) is 4.98 Å². The summed E-state index contributed by atoms with van der Waals surface area (Å²) in [7, 11) is 1.35. The second-order valence-electron chi connectivity index (χ2n) is 7.14. The maximum Gasteiger partial charge on any atom is 0.416 e. The van der Waals surface area contributed by atoms with E-state index in [1.807, 2.05) is 0 Å². The number of aromatic amines is 1. The van der Waals surface area contributed by atoms with Gasteiger partial charge in [0.25, 0.3) is 0 Å². The van der Waals surface area contributed by atoms with Gasteiger partial charge in [-0.05, 0) is 55.0 Å². The third-order valence-electron chi connectivity index (χ3n) is 5.02. The topological polar surface area (TPSA) is 51.3 Å². The Morgan fingerprint density at radius 2 is 1.50 bits per heavy atom. The number of hydrogen-bond donors (Lipinski definition) is 1. The van der Waals surface area contributed by atoms with Crippen molar-refractivity contribution in [2.45, 2.75) is 13.1 Å². The van der Waals surface area contributed by atoms with Gasteiger partial charge in [0, 0.05) is 22.7 Å². The Bertz CT molecular complexity index is 1340. The van der Waals surface area contributed by atoms with E-state index >= 15 is 0 Å². The minimum atomic E-state index is -4.42. The molecule has 0 aliphatic rings. The highest BCUT2D eigenvalue weighted by atomic mass is 19.4. The summed E-state index contributed by atoms with van der Waals surface area (Å²) in [6.45, 7) is 1.73. The minimum absolute atomic E-state index is 0.0325. The molecule has 0 aliphatic carbocycles. The van der Waals surface area contributed by atoms with Gasteiger partial charge in [0.1, 0.15) is 11.5 Å². The van der Waals surface area contributed by atoms with Crippen LogP contribution in [0.2, 0.25) is 0 Å². The summed E-state index contributed by atoms with van der Waals surface area (Å²) in [5.41, 5.74) is 0.906. The molecule has 0 unspecified atom stereocenters. The van der Waals surface area contributed by atoms with Gasteiger partial charge in [0.05, 0.1) is 18.2 Å². The summed E-state index contributed by atoms with van der Waals surface area (Å²) in [6.07, 6.45) is -4.42. The second kappa shape index (κ2) is 8.03.